The molecule has 0 saturated carbocycles. The average molecular weight is 256 g/mol. The van der Waals surface area contributed by atoms with Crippen LogP contribution >= 0.6 is 0 Å². The molecule has 0 aliphatic carbocycles. The molecule has 0 unspecified atom stereocenters. The van der Waals surface area contributed by atoms with Crippen molar-refractivity contribution in [3.63, 3.8) is 0 Å². The highest BCUT2D eigenvalue weighted by Gasteiger charge is 2.38. The second-order valence-corrected chi connectivity index (χ2v) is 6.71. The molecule has 1 aromatic carbocycles. The Bertz CT molecular complexity index is 505. The summed E-state index contributed by atoms with van der Waals surface area (Å²) in [6.07, 6.45) is 0. The van der Waals surface area contributed by atoms with Crippen molar-refractivity contribution < 1.29 is 0 Å². The van der Waals surface area contributed by atoms with Gasteiger partial charge >= 0.3 is 0 Å². The van der Waals surface area contributed by atoms with Crippen LogP contribution in [0, 0.1) is 31.1 Å². The Labute approximate surface area is 117 Å². The van der Waals surface area contributed by atoms with E-state index in [0.29, 0.717) is 5.92 Å². The maximum absolute atomic E-state index is 9.46. The summed E-state index contributed by atoms with van der Waals surface area (Å²) in [5.74, 6) is 0.462. The van der Waals surface area contributed by atoms with Crippen molar-refractivity contribution in [3.8, 4) is 6.07 Å². The minimum Gasteiger partial charge on any atom is -0.297 e. The van der Waals surface area contributed by atoms with E-state index in [1.54, 1.807) is 0 Å². The molecule has 102 valence electrons. The van der Waals surface area contributed by atoms with Gasteiger partial charge in [-0.3, -0.25) is 4.90 Å². The average Bonchev–Trinajstić information content (AvgIpc) is 2.76. The first kappa shape index (κ1) is 14.1. The minimum absolute atomic E-state index is 0.111. The van der Waals surface area contributed by atoms with Gasteiger partial charge in [0, 0.05) is 24.5 Å². The van der Waals surface area contributed by atoms with Gasteiger partial charge in [0.2, 0.25) is 0 Å². The third kappa shape index (κ3) is 2.67. The van der Waals surface area contributed by atoms with Crippen molar-refractivity contribution in [1.82, 2.24) is 4.90 Å². The molecule has 1 aromatic rings. The lowest BCUT2D eigenvalue weighted by molar-refractivity contribution is 0.170. The molecule has 0 aromatic heterocycles. The third-order valence-corrected chi connectivity index (χ3v) is 4.48. The van der Waals surface area contributed by atoms with Gasteiger partial charge in [-0.05, 0) is 51.3 Å². The fourth-order valence-corrected chi connectivity index (χ4v) is 2.97. The number of aryl methyl sites for hydroxylation is 1. The zero-order chi connectivity index (χ0) is 14.2. The topological polar surface area (TPSA) is 27.0 Å². The number of hydrogen-bond acceptors (Lipinski definition) is 2. The molecule has 2 rings (SSSR count). The fourth-order valence-electron chi connectivity index (χ4n) is 2.97. The second kappa shape index (κ2) is 4.98. The maximum atomic E-state index is 9.46. The van der Waals surface area contributed by atoms with E-state index in [1.807, 2.05) is 0 Å². The van der Waals surface area contributed by atoms with Gasteiger partial charge in [-0.2, -0.15) is 5.26 Å². The van der Waals surface area contributed by atoms with E-state index in [-0.39, 0.29) is 11.5 Å². The molecule has 1 aliphatic heterocycles. The number of likely N-dealkylation sites (tertiary alicyclic amines) is 1. The quantitative estimate of drug-likeness (QED) is 0.767. The largest absolute Gasteiger partial charge is 0.297 e. The van der Waals surface area contributed by atoms with Crippen molar-refractivity contribution in [2.45, 2.75) is 46.1 Å². The molecule has 0 amide bonds. The van der Waals surface area contributed by atoms with Crippen LogP contribution < -0.4 is 0 Å². The van der Waals surface area contributed by atoms with Crippen LogP contribution in [0.25, 0.3) is 0 Å². The number of hydrogen-bond donors (Lipinski definition) is 0. The molecule has 0 N–H and O–H groups in total. The van der Waals surface area contributed by atoms with Crippen molar-refractivity contribution in [2.24, 2.45) is 5.92 Å². The molecule has 0 radical (unpaired) electrons. The molecule has 2 heteroatoms. The number of nitrogens with zero attached hydrogens (tertiary/aromatic N) is 2. The van der Waals surface area contributed by atoms with Gasteiger partial charge in [-0.15, -0.1) is 0 Å². The Balaban J connectivity index is 2.34. The van der Waals surface area contributed by atoms with Crippen LogP contribution in [0.5, 0.6) is 0 Å². The van der Waals surface area contributed by atoms with Crippen LogP contribution in [0.1, 0.15) is 43.4 Å². The molecule has 2 nitrogen and oxygen atoms in total. The van der Waals surface area contributed by atoms with Gasteiger partial charge in [0.1, 0.15) is 0 Å². The van der Waals surface area contributed by atoms with Gasteiger partial charge in [0.25, 0.3) is 0 Å². The summed E-state index contributed by atoms with van der Waals surface area (Å²) >= 11 is 0. The summed E-state index contributed by atoms with van der Waals surface area (Å²) in [7, 11) is 0. The van der Waals surface area contributed by atoms with Crippen molar-refractivity contribution in [2.75, 3.05) is 13.1 Å². The summed E-state index contributed by atoms with van der Waals surface area (Å²) < 4.78 is 0. The first-order valence-electron chi connectivity index (χ1n) is 7.05. The van der Waals surface area contributed by atoms with E-state index in [4.69, 9.17) is 0 Å². The zero-order valence-electron chi connectivity index (χ0n) is 12.7. The first-order chi connectivity index (χ1) is 8.84. The van der Waals surface area contributed by atoms with E-state index in [0.717, 1.165) is 13.1 Å². The van der Waals surface area contributed by atoms with Crippen LogP contribution in [0.15, 0.2) is 18.2 Å². The smallest absolute Gasteiger partial charge is 0.0676 e. The molecule has 1 heterocycles. The van der Waals surface area contributed by atoms with Gasteiger partial charge < -0.3 is 0 Å². The van der Waals surface area contributed by atoms with Gasteiger partial charge in [0.15, 0.2) is 0 Å². The third-order valence-electron chi connectivity index (χ3n) is 4.48. The molecule has 1 aliphatic rings. The molecule has 1 saturated heterocycles. The predicted molar refractivity (Wildman–Crippen MR) is 79.1 cm³/mol. The molecule has 19 heavy (non-hydrogen) atoms. The Morgan fingerprint density at radius 1 is 1.21 bits per heavy atom. The summed E-state index contributed by atoms with van der Waals surface area (Å²) in [6, 6.07) is 8.98. The van der Waals surface area contributed by atoms with Crippen LogP contribution in [-0.4, -0.2) is 23.5 Å². The summed E-state index contributed by atoms with van der Waals surface area (Å²) in [4.78, 5) is 2.44. The highest BCUT2D eigenvalue weighted by molar-refractivity contribution is 5.37. The van der Waals surface area contributed by atoms with Crippen LogP contribution in [0.3, 0.4) is 0 Å². The lowest BCUT2D eigenvalue weighted by Crippen LogP contribution is -2.39. The molecule has 1 fully saturated rings. The standard InChI is InChI=1S/C17H24N2/c1-12-7-6-8-15(13(12)2)16-11-19(17(3,4)5)10-14(16)9-18/h6-8,14,16H,10-11H2,1-5H3/t14-,16-/m0/s1. The maximum Gasteiger partial charge on any atom is 0.0676 e. The molecule has 0 bridgehead atoms. The van der Waals surface area contributed by atoms with Crippen molar-refractivity contribution in [1.29, 1.82) is 5.26 Å². The summed E-state index contributed by atoms with van der Waals surface area (Å²) in [5.41, 5.74) is 4.17. The van der Waals surface area contributed by atoms with Gasteiger partial charge in [0.05, 0.1) is 12.0 Å². The number of nitriles is 1. The highest BCUT2D eigenvalue weighted by atomic mass is 15.2. The Hall–Kier alpha value is -1.33. The molecule has 0 spiro atoms. The number of benzene rings is 1. The monoisotopic (exact) mass is 256 g/mol. The summed E-state index contributed by atoms with van der Waals surface area (Å²) in [6.45, 7) is 12.9. The van der Waals surface area contributed by atoms with E-state index >= 15 is 0 Å². The first-order valence-corrected chi connectivity index (χ1v) is 7.05. The molecular formula is C17H24N2. The van der Waals surface area contributed by atoms with E-state index in [2.05, 4.69) is 63.8 Å². The predicted octanol–water partition coefficient (Wildman–Crippen LogP) is 3.64. The van der Waals surface area contributed by atoms with Crippen LogP contribution in [-0.2, 0) is 0 Å². The highest BCUT2D eigenvalue weighted by Crippen LogP contribution is 2.37. The van der Waals surface area contributed by atoms with E-state index < -0.39 is 0 Å². The molecule has 2 atom stereocenters. The summed E-state index contributed by atoms with van der Waals surface area (Å²) in [5, 5.41) is 9.46. The Morgan fingerprint density at radius 2 is 1.89 bits per heavy atom. The zero-order valence-corrected chi connectivity index (χ0v) is 12.7. The van der Waals surface area contributed by atoms with Gasteiger partial charge in [-0.1, -0.05) is 18.2 Å². The van der Waals surface area contributed by atoms with Crippen LogP contribution in [0.2, 0.25) is 0 Å². The Kier molecular flexibility index (Phi) is 3.69. The van der Waals surface area contributed by atoms with E-state index in [1.165, 1.54) is 16.7 Å². The molecular weight excluding hydrogens is 232 g/mol. The van der Waals surface area contributed by atoms with Crippen molar-refractivity contribution in [3.05, 3.63) is 34.9 Å². The van der Waals surface area contributed by atoms with Gasteiger partial charge in [-0.25, -0.2) is 0 Å². The Morgan fingerprint density at radius 3 is 2.47 bits per heavy atom. The normalized spacial score (nSPS) is 24.4. The van der Waals surface area contributed by atoms with Crippen LogP contribution in [0.4, 0.5) is 0 Å². The minimum atomic E-state index is 0.111. The van der Waals surface area contributed by atoms with Crippen molar-refractivity contribution >= 4 is 0 Å². The SMILES string of the molecule is Cc1cccc([C@H]2CN(C(C)(C)C)C[C@@H]2C#N)c1C. The lowest BCUT2D eigenvalue weighted by atomic mass is 9.86. The second-order valence-electron chi connectivity index (χ2n) is 6.71. The van der Waals surface area contributed by atoms with E-state index in [9.17, 15) is 5.26 Å². The lowest BCUT2D eigenvalue weighted by Gasteiger charge is -2.31. The number of rotatable bonds is 1. The fraction of sp³-hybridized carbons (Fsp3) is 0.588.